The van der Waals surface area contributed by atoms with Gasteiger partial charge in [0.1, 0.15) is 11.3 Å². The van der Waals surface area contributed by atoms with Gasteiger partial charge in [-0.25, -0.2) is 4.79 Å². The van der Waals surface area contributed by atoms with E-state index in [0.717, 1.165) is 52.9 Å². The van der Waals surface area contributed by atoms with Crippen molar-refractivity contribution in [3.8, 4) is 5.75 Å². The van der Waals surface area contributed by atoms with Crippen molar-refractivity contribution in [2.24, 2.45) is 0 Å². The van der Waals surface area contributed by atoms with Crippen LogP contribution in [-0.2, 0) is 12.0 Å². The summed E-state index contributed by atoms with van der Waals surface area (Å²) in [6, 6.07) is 11.4. The number of halogens is 1. The number of carbonyl (C=O) groups is 1. The number of fused-ring (bicyclic) bond motifs is 1. The highest BCUT2D eigenvalue weighted by atomic mass is 79.9. The highest BCUT2D eigenvalue weighted by Gasteiger charge is 2.24. The van der Waals surface area contributed by atoms with Crippen LogP contribution in [0.5, 0.6) is 5.75 Å². The molecule has 2 heterocycles. The summed E-state index contributed by atoms with van der Waals surface area (Å²) in [5.41, 5.74) is 3.42. The maximum absolute atomic E-state index is 11.2. The molecule has 7 heteroatoms. The first-order valence-electron chi connectivity index (χ1n) is 10.4. The Kier molecular flexibility index (Phi) is 5.75. The number of aromatic carboxylic acids is 1. The van der Waals surface area contributed by atoms with Gasteiger partial charge in [-0.15, -0.1) is 0 Å². The van der Waals surface area contributed by atoms with Gasteiger partial charge in [0.05, 0.1) is 10.2 Å². The van der Waals surface area contributed by atoms with Crippen LogP contribution in [0.15, 0.2) is 45.3 Å². The Bertz CT molecular complexity index is 1120. The Morgan fingerprint density at radius 2 is 1.84 bits per heavy atom. The Morgan fingerprint density at radius 1 is 1.13 bits per heavy atom. The van der Waals surface area contributed by atoms with Crippen LogP contribution in [0.25, 0.3) is 11.0 Å². The predicted molar refractivity (Wildman–Crippen MR) is 125 cm³/mol. The van der Waals surface area contributed by atoms with Crippen LogP contribution in [0.1, 0.15) is 42.5 Å². The summed E-state index contributed by atoms with van der Waals surface area (Å²) in [6.07, 6.45) is 0. The summed E-state index contributed by atoms with van der Waals surface area (Å²) >= 11 is 3.64. The van der Waals surface area contributed by atoms with Crippen LogP contribution >= 0.6 is 15.9 Å². The van der Waals surface area contributed by atoms with Crippen molar-refractivity contribution in [3.05, 3.63) is 57.8 Å². The fraction of sp³-hybridized carbons (Fsp3) is 0.375. The lowest BCUT2D eigenvalue weighted by Crippen LogP contribution is -2.46. The molecule has 0 bridgehead atoms. The van der Waals surface area contributed by atoms with E-state index in [1.165, 1.54) is 0 Å². The fourth-order valence-electron chi connectivity index (χ4n) is 4.13. The Morgan fingerprint density at radius 3 is 2.48 bits per heavy atom. The molecule has 6 nitrogen and oxygen atoms in total. The molecule has 0 unspecified atom stereocenters. The van der Waals surface area contributed by atoms with Gasteiger partial charge in [0.25, 0.3) is 0 Å². The molecule has 1 aliphatic rings. The first-order valence-corrected chi connectivity index (χ1v) is 11.2. The zero-order valence-corrected chi connectivity index (χ0v) is 19.6. The number of benzene rings is 2. The molecule has 1 aliphatic heterocycles. The summed E-state index contributed by atoms with van der Waals surface area (Å²) in [5, 5.41) is 20.7. The van der Waals surface area contributed by atoms with Crippen molar-refractivity contribution in [3.63, 3.8) is 0 Å². The van der Waals surface area contributed by atoms with Crippen molar-refractivity contribution in [2.45, 2.75) is 32.7 Å². The zero-order chi connectivity index (χ0) is 22.3. The molecule has 3 aromatic rings. The van der Waals surface area contributed by atoms with E-state index in [9.17, 15) is 15.0 Å². The first-order chi connectivity index (χ1) is 14.6. The quantitative estimate of drug-likeness (QED) is 0.526. The van der Waals surface area contributed by atoms with Crippen molar-refractivity contribution in [1.29, 1.82) is 0 Å². The standard InChI is InChI=1S/C24H27BrN2O4/c1-24(2,3)17-6-4-5-15(22(17)28)14-26-9-11-27(12-10-26)18-7-8-19-16(21(18)25)13-20(31-19)23(29)30/h4-8,13,28H,9-12,14H2,1-3H3,(H,29,30). The summed E-state index contributed by atoms with van der Waals surface area (Å²) < 4.78 is 6.25. The molecule has 0 radical (unpaired) electrons. The third-order valence-electron chi connectivity index (χ3n) is 5.86. The second kappa shape index (κ2) is 8.20. The van der Waals surface area contributed by atoms with E-state index >= 15 is 0 Å². The molecule has 0 spiro atoms. The third kappa shape index (κ3) is 4.29. The van der Waals surface area contributed by atoms with Crippen LogP contribution < -0.4 is 4.90 Å². The number of piperazine rings is 1. The van der Waals surface area contributed by atoms with Gasteiger partial charge in [0.2, 0.25) is 5.76 Å². The summed E-state index contributed by atoms with van der Waals surface area (Å²) in [4.78, 5) is 15.9. The predicted octanol–water partition coefficient (Wildman–Crippen LogP) is 5.22. The summed E-state index contributed by atoms with van der Waals surface area (Å²) in [5.74, 6) is -0.730. The van der Waals surface area contributed by atoms with Crippen LogP contribution in [0.3, 0.4) is 0 Å². The van der Waals surface area contributed by atoms with Gasteiger partial charge in [0.15, 0.2) is 0 Å². The number of hydrogen-bond acceptors (Lipinski definition) is 5. The van der Waals surface area contributed by atoms with E-state index in [4.69, 9.17) is 4.42 Å². The number of phenolic OH excluding ortho intramolecular Hbond substituents is 1. The van der Waals surface area contributed by atoms with Gasteiger partial charge < -0.3 is 19.5 Å². The smallest absolute Gasteiger partial charge is 0.371 e. The molecule has 0 saturated carbocycles. The molecule has 0 atom stereocenters. The number of hydrogen-bond donors (Lipinski definition) is 2. The highest BCUT2D eigenvalue weighted by molar-refractivity contribution is 9.10. The number of para-hydroxylation sites is 1. The van der Waals surface area contributed by atoms with E-state index in [0.29, 0.717) is 17.9 Å². The minimum atomic E-state index is -1.07. The van der Waals surface area contributed by atoms with Crippen LogP contribution in [-0.4, -0.2) is 47.3 Å². The molecule has 164 valence electrons. The molecular formula is C24H27BrN2O4. The number of carboxylic acid groups (broad SMARTS) is 1. The minimum absolute atomic E-state index is 0.0602. The topological polar surface area (TPSA) is 77.2 Å². The number of nitrogens with zero attached hydrogens (tertiary/aromatic N) is 2. The lowest BCUT2D eigenvalue weighted by molar-refractivity contribution is 0.0665. The summed E-state index contributed by atoms with van der Waals surface area (Å²) in [7, 11) is 0. The summed E-state index contributed by atoms with van der Waals surface area (Å²) in [6.45, 7) is 10.5. The first kappa shape index (κ1) is 21.7. The van der Waals surface area contributed by atoms with E-state index in [-0.39, 0.29) is 11.2 Å². The minimum Gasteiger partial charge on any atom is -0.507 e. The molecule has 2 aromatic carbocycles. The van der Waals surface area contributed by atoms with Gasteiger partial charge in [-0.05, 0) is 39.0 Å². The van der Waals surface area contributed by atoms with Gasteiger partial charge >= 0.3 is 5.97 Å². The average Bonchev–Trinajstić information content (AvgIpc) is 3.15. The second-order valence-corrected chi connectivity index (χ2v) is 9.85. The molecule has 0 amide bonds. The number of carboxylic acids is 1. The fourth-order valence-corrected chi connectivity index (χ4v) is 4.82. The Balaban J connectivity index is 1.47. The number of aromatic hydroxyl groups is 1. The molecule has 1 saturated heterocycles. The van der Waals surface area contributed by atoms with Gasteiger partial charge in [-0.1, -0.05) is 39.0 Å². The SMILES string of the molecule is CC(C)(C)c1cccc(CN2CCN(c3ccc4oc(C(=O)O)cc4c3Br)CC2)c1O. The Labute approximate surface area is 190 Å². The molecule has 1 fully saturated rings. The zero-order valence-electron chi connectivity index (χ0n) is 18.0. The van der Waals surface area contributed by atoms with Crippen LogP contribution in [0.4, 0.5) is 5.69 Å². The van der Waals surface area contributed by atoms with Gasteiger partial charge in [-0.2, -0.15) is 0 Å². The molecule has 2 N–H and O–H groups in total. The van der Waals surface area contributed by atoms with Crippen LogP contribution in [0.2, 0.25) is 0 Å². The van der Waals surface area contributed by atoms with Gasteiger partial charge in [-0.3, -0.25) is 4.90 Å². The average molecular weight is 487 g/mol. The number of phenols is 1. The highest BCUT2D eigenvalue weighted by Crippen LogP contribution is 2.37. The monoisotopic (exact) mass is 486 g/mol. The van der Waals surface area contributed by atoms with Crippen molar-refractivity contribution < 1.29 is 19.4 Å². The molecule has 1 aromatic heterocycles. The lowest BCUT2D eigenvalue weighted by Gasteiger charge is -2.37. The normalized spacial score (nSPS) is 15.5. The van der Waals surface area contributed by atoms with Gasteiger partial charge in [0, 0.05) is 49.7 Å². The maximum Gasteiger partial charge on any atom is 0.371 e. The Hall–Kier alpha value is -2.51. The number of furan rings is 1. The molecule has 4 rings (SSSR count). The third-order valence-corrected chi connectivity index (χ3v) is 6.69. The molecule has 31 heavy (non-hydrogen) atoms. The van der Waals surface area contributed by atoms with E-state index in [2.05, 4.69) is 46.5 Å². The van der Waals surface area contributed by atoms with Crippen molar-refractivity contribution in [2.75, 3.05) is 31.1 Å². The largest absolute Gasteiger partial charge is 0.507 e. The van der Waals surface area contributed by atoms with Crippen molar-refractivity contribution in [1.82, 2.24) is 4.90 Å². The van der Waals surface area contributed by atoms with Crippen molar-refractivity contribution >= 4 is 38.6 Å². The molecule has 0 aliphatic carbocycles. The van der Waals surface area contributed by atoms with E-state index < -0.39 is 5.97 Å². The number of anilines is 1. The maximum atomic E-state index is 11.2. The second-order valence-electron chi connectivity index (χ2n) is 9.05. The molecular weight excluding hydrogens is 460 g/mol. The van der Waals surface area contributed by atoms with Crippen LogP contribution in [0, 0.1) is 0 Å². The number of rotatable bonds is 4. The lowest BCUT2D eigenvalue weighted by atomic mass is 9.85. The van der Waals surface area contributed by atoms with E-state index in [1.54, 1.807) is 6.07 Å². The van der Waals surface area contributed by atoms with E-state index in [1.807, 2.05) is 30.3 Å².